The Bertz CT molecular complexity index is 724. The molecule has 130 valence electrons. The van der Waals surface area contributed by atoms with Gasteiger partial charge in [-0.2, -0.15) is 0 Å². The molecule has 1 N–H and O–H groups in total. The lowest BCUT2D eigenvalue weighted by Gasteiger charge is -2.13. The molecule has 0 fully saturated rings. The maximum absolute atomic E-state index is 12.6. The van der Waals surface area contributed by atoms with Crippen LogP contribution in [0.2, 0.25) is 0 Å². The second kappa shape index (κ2) is 10.2. The van der Waals surface area contributed by atoms with Gasteiger partial charge in [-0.25, -0.2) is 4.98 Å². The van der Waals surface area contributed by atoms with E-state index in [9.17, 15) is 4.79 Å². The van der Waals surface area contributed by atoms with Crippen LogP contribution in [0.15, 0.2) is 42.6 Å². The number of aromatic nitrogens is 1. The van der Waals surface area contributed by atoms with E-state index in [0.29, 0.717) is 31.7 Å². The van der Waals surface area contributed by atoms with Gasteiger partial charge in [0.05, 0.1) is 18.8 Å². The van der Waals surface area contributed by atoms with Crippen molar-refractivity contribution in [2.45, 2.75) is 19.6 Å². The number of amides is 1. The molecule has 0 aliphatic rings. The maximum atomic E-state index is 12.6. The smallest absolute Gasteiger partial charge is 0.252 e. The molecule has 0 bridgehead atoms. The van der Waals surface area contributed by atoms with Gasteiger partial charge in [-0.15, -0.1) is 0 Å². The highest BCUT2D eigenvalue weighted by molar-refractivity contribution is 5.97. The molecule has 0 atom stereocenters. The predicted octanol–water partition coefficient (Wildman–Crippen LogP) is 2.55. The third-order valence-electron chi connectivity index (χ3n) is 3.48. The molecule has 0 aliphatic heterocycles. The minimum absolute atomic E-state index is 0.140. The Hall–Kier alpha value is -2.68. The number of nitrogens with one attached hydrogen (secondary N) is 1. The van der Waals surface area contributed by atoms with Crippen molar-refractivity contribution in [1.29, 1.82) is 0 Å². The Balaban J connectivity index is 1.99. The molecule has 5 nitrogen and oxygen atoms in total. The van der Waals surface area contributed by atoms with Crippen molar-refractivity contribution < 1.29 is 14.3 Å². The largest absolute Gasteiger partial charge is 0.380 e. The highest BCUT2D eigenvalue weighted by atomic mass is 16.5. The van der Waals surface area contributed by atoms with E-state index in [1.807, 2.05) is 36.4 Å². The minimum Gasteiger partial charge on any atom is -0.380 e. The van der Waals surface area contributed by atoms with Crippen LogP contribution in [0.1, 0.15) is 33.6 Å². The molecule has 0 radical (unpaired) electrons. The molecule has 25 heavy (non-hydrogen) atoms. The van der Waals surface area contributed by atoms with Crippen molar-refractivity contribution in [3.05, 3.63) is 65.0 Å². The number of carbonyl (C=O) groups excluding carboxylic acids is 1. The number of rotatable bonds is 7. The molecule has 0 saturated carbocycles. The predicted molar refractivity (Wildman–Crippen MR) is 95.9 cm³/mol. The first-order valence-electron chi connectivity index (χ1n) is 8.03. The van der Waals surface area contributed by atoms with Gasteiger partial charge in [-0.3, -0.25) is 4.79 Å². The molecule has 2 aromatic rings. The lowest BCUT2D eigenvalue weighted by Crippen LogP contribution is -2.27. The van der Waals surface area contributed by atoms with Gasteiger partial charge in [0.2, 0.25) is 0 Å². The number of benzene rings is 1. The van der Waals surface area contributed by atoms with E-state index >= 15 is 0 Å². The summed E-state index contributed by atoms with van der Waals surface area (Å²) in [6.07, 6.45) is 2.25. The van der Waals surface area contributed by atoms with E-state index in [1.54, 1.807) is 20.4 Å². The fourth-order valence-corrected chi connectivity index (χ4v) is 2.41. The molecule has 2 rings (SSSR count). The molecule has 0 saturated heterocycles. The zero-order chi connectivity index (χ0) is 17.9. The van der Waals surface area contributed by atoms with Crippen LogP contribution in [-0.4, -0.2) is 31.7 Å². The Morgan fingerprint density at radius 2 is 1.80 bits per heavy atom. The summed E-state index contributed by atoms with van der Waals surface area (Å²) in [5.74, 6) is 5.84. The molecule has 5 heteroatoms. The van der Waals surface area contributed by atoms with Gasteiger partial charge in [-0.1, -0.05) is 30.2 Å². The minimum atomic E-state index is -0.140. The maximum Gasteiger partial charge on any atom is 0.252 e. The first kappa shape index (κ1) is 18.7. The molecule has 1 heterocycles. The van der Waals surface area contributed by atoms with E-state index in [1.165, 1.54) is 0 Å². The zero-order valence-electron chi connectivity index (χ0n) is 14.5. The number of hydrogen-bond acceptors (Lipinski definition) is 4. The van der Waals surface area contributed by atoms with Gasteiger partial charge in [0.25, 0.3) is 5.91 Å². The van der Waals surface area contributed by atoms with Crippen molar-refractivity contribution in [2.24, 2.45) is 0 Å². The van der Waals surface area contributed by atoms with Crippen LogP contribution in [0.25, 0.3) is 0 Å². The molecule has 1 amide bonds. The third-order valence-corrected chi connectivity index (χ3v) is 3.48. The molecule has 1 aromatic heterocycles. The van der Waals surface area contributed by atoms with Crippen molar-refractivity contribution in [1.82, 2.24) is 10.3 Å². The number of carbonyl (C=O) groups is 1. The van der Waals surface area contributed by atoms with Crippen LogP contribution < -0.4 is 5.32 Å². The highest BCUT2D eigenvalue weighted by Gasteiger charge is 2.15. The second-order valence-electron chi connectivity index (χ2n) is 5.34. The Morgan fingerprint density at radius 1 is 1.08 bits per heavy atom. The molecular weight excluding hydrogens is 316 g/mol. The molecule has 0 unspecified atom stereocenters. The molecule has 0 spiro atoms. The van der Waals surface area contributed by atoms with Gasteiger partial charge in [0.15, 0.2) is 0 Å². The summed E-state index contributed by atoms with van der Waals surface area (Å²) in [5, 5.41) is 2.91. The topological polar surface area (TPSA) is 60.5 Å². The monoisotopic (exact) mass is 338 g/mol. The number of pyridine rings is 1. The second-order valence-corrected chi connectivity index (χ2v) is 5.34. The summed E-state index contributed by atoms with van der Waals surface area (Å²) in [6.45, 7) is 1.21. The van der Waals surface area contributed by atoms with E-state index in [4.69, 9.17) is 9.47 Å². The summed E-state index contributed by atoms with van der Waals surface area (Å²) in [5.41, 5.74) is 3.02. The third kappa shape index (κ3) is 5.71. The van der Waals surface area contributed by atoms with Gasteiger partial charge >= 0.3 is 0 Å². The van der Waals surface area contributed by atoms with Crippen molar-refractivity contribution in [2.75, 3.05) is 20.8 Å². The Kier molecular flexibility index (Phi) is 7.64. The summed E-state index contributed by atoms with van der Waals surface area (Å²) >= 11 is 0. The van der Waals surface area contributed by atoms with Crippen LogP contribution in [0.3, 0.4) is 0 Å². The van der Waals surface area contributed by atoms with Crippen LogP contribution in [0, 0.1) is 11.8 Å². The summed E-state index contributed by atoms with van der Waals surface area (Å²) in [4.78, 5) is 16.7. The summed E-state index contributed by atoms with van der Waals surface area (Å²) < 4.78 is 10.4. The zero-order valence-corrected chi connectivity index (χ0v) is 14.5. The number of hydrogen-bond donors (Lipinski definition) is 1. The number of nitrogens with zero attached hydrogens (tertiary/aromatic N) is 1. The van der Waals surface area contributed by atoms with Crippen LogP contribution >= 0.6 is 0 Å². The fourth-order valence-electron chi connectivity index (χ4n) is 2.41. The van der Waals surface area contributed by atoms with E-state index < -0.39 is 0 Å². The lowest BCUT2D eigenvalue weighted by atomic mass is 10.0. The van der Waals surface area contributed by atoms with Crippen LogP contribution in [0.5, 0.6) is 0 Å². The SMILES string of the molecule is COCc1cccc(COC)c1C(=O)NCCC#Cc1ccccn1. The Morgan fingerprint density at radius 3 is 2.40 bits per heavy atom. The molecule has 0 aliphatic carbocycles. The quantitative estimate of drug-likeness (QED) is 0.623. The average molecular weight is 338 g/mol. The van der Waals surface area contributed by atoms with Gasteiger partial charge in [0.1, 0.15) is 5.69 Å². The lowest BCUT2D eigenvalue weighted by molar-refractivity contribution is 0.0944. The van der Waals surface area contributed by atoms with Crippen molar-refractivity contribution in [3.8, 4) is 11.8 Å². The molecular formula is C20H22N2O3. The van der Waals surface area contributed by atoms with Crippen molar-refractivity contribution >= 4 is 5.91 Å². The van der Waals surface area contributed by atoms with Crippen LogP contribution in [-0.2, 0) is 22.7 Å². The number of methoxy groups -OCH3 is 2. The average Bonchev–Trinajstić information content (AvgIpc) is 2.63. The summed E-state index contributed by atoms with van der Waals surface area (Å²) in [6, 6.07) is 11.3. The number of ether oxygens (including phenoxy) is 2. The summed E-state index contributed by atoms with van der Waals surface area (Å²) in [7, 11) is 3.22. The first-order chi connectivity index (χ1) is 12.3. The first-order valence-corrected chi connectivity index (χ1v) is 8.03. The van der Waals surface area contributed by atoms with Crippen LogP contribution in [0.4, 0.5) is 0 Å². The standard InChI is InChI=1S/C20H22N2O3/c1-24-14-16-8-7-9-17(15-25-2)19(16)20(23)22-13-6-4-11-18-10-3-5-12-21-18/h3,5,7-10,12H,6,13-15H2,1-2H3,(H,22,23). The van der Waals surface area contributed by atoms with E-state index in [0.717, 1.165) is 16.8 Å². The molecule has 1 aromatic carbocycles. The van der Waals surface area contributed by atoms with E-state index in [2.05, 4.69) is 22.1 Å². The highest BCUT2D eigenvalue weighted by Crippen LogP contribution is 2.17. The van der Waals surface area contributed by atoms with Gasteiger partial charge in [-0.05, 0) is 29.2 Å². The normalized spacial score (nSPS) is 10.0. The van der Waals surface area contributed by atoms with Crippen molar-refractivity contribution in [3.63, 3.8) is 0 Å². The van der Waals surface area contributed by atoms with Gasteiger partial charge in [0, 0.05) is 33.4 Å². The van der Waals surface area contributed by atoms with E-state index in [-0.39, 0.29) is 5.91 Å². The fraction of sp³-hybridized carbons (Fsp3) is 0.300. The van der Waals surface area contributed by atoms with Gasteiger partial charge < -0.3 is 14.8 Å². The Labute approximate surface area is 148 Å².